The van der Waals surface area contributed by atoms with Crippen LogP contribution in [0.4, 0.5) is 17.6 Å². The van der Waals surface area contributed by atoms with Gasteiger partial charge in [-0.1, -0.05) is 12.1 Å². The number of amides is 1. The van der Waals surface area contributed by atoms with E-state index in [2.05, 4.69) is 10.2 Å². The minimum Gasteiger partial charge on any atom is -0.349 e. The van der Waals surface area contributed by atoms with Crippen molar-refractivity contribution in [3.8, 4) is 0 Å². The quantitative estimate of drug-likeness (QED) is 0.568. The van der Waals surface area contributed by atoms with Crippen LogP contribution >= 0.6 is 0 Å². The number of rotatable bonds is 5. The first kappa shape index (κ1) is 21.3. The maximum absolute atomic E-state index is 13.8. The van der Waals surface area contributed by atoms with Gasteiger partial charge in [0.25, 0.3) is 5.91 Å². The maximum atomic E-state index is 13.8. The van der Waals surface area contributed by atoms with E-state index in [0.29, 0.717) is 30.9 Å². The third-order valence-electron chi connectivity index (χ3n) is 5.58. The summed E-state index contributed by atoms with van der Waals surface area (Å²) in [4.78, 5) is 14.4. The third kappa shape index (κ3) is 4.96. The van der Waals surface area contributed by atoms with E-state index in [0.717, 1.165) is 18.4 Å². The van der Waals surface area contributed by atoms with Gasteiger partial charge in [0, 0.05) is 18.2 Å². The first-order chi connectivity index (χ1) is 13.8. The summed E-state index contributed by atoms with van der Waals surface area (Å²) in [6.07, 6.45) is 3.03. The lowest BCUT2D eigenvalue weighted by Gasteiger charge is -2.37. The summed E-state index contributed by atoms with van der Waals surface area (Å²) < 4.78 is 53.5. The fourth-order valence-electron chi connectivity index (χ4n) is 4.19. The summed E-state index contributed by atoms with van der Waals surface area (Å²) >= 11 is 0. The van der Waals surface area contributed by atoms with Crippen molar-refractivity contribution < 1.29 is 22.4 Å². The molecule has 156 valence electrons. The Morgan fingerprint density at radius 2 is 1.52 bits per heavy atom. The Morgan fingerprint density at radius 3 is 2.10 bits per heavy atom. The Balaban J connectivity index is 1.63. The third-order valence-corrected chi connectivity index (χ3v) is 5.58. The van der Waals surface area contributed by atoms with E-state index in [1.807, 2.05) is 14.1 Å². The smallest absolute Gasteiger partial charge is 0.254 e. The molecule has 0 bridgehead atoms. The molecule has 0 saturated heterocycles. The number of nitrogens with zero attached hydrogens (tertiary/aromatic N) is 1. The second kappa shape index (κ2) is 8.95. The van der Waals surface area contributed by atoms with Crippen molar-refractivity contribution in [1.82, 2.24) is 10.2 Å². The molecule has 1 aliphatic carbocycles. The van der Waals surface area contributed by atoms with Gasteiger partial charge in [-0.2, -0.15) is 0 Å². The van der Waals surface area contributed by atoms with Gasteiger partial charge in [0.05, 0.1) is 5.56 Å². The zero-order valence-corrected chi connectivity index (χ0v) is 16.4. The maximum Gasteiger partial charge on any atom is 0.254 e. The zero-order valence-electron chi connectivity index (χ0n) is 16.4. The van der Waals surface area contributed by atoms with Crippen molar-refractivity contribution in [2.45, 2.75) is 37.8 Å². The van der Waals surface area contributed by atoms with E-state index >= 15 is 0 Å². The lowest BCUT2D eigenvalue weighted by atomic mass is 9.78. The lowest BCUT2D eigenvalue weighted by molar-refractivity contribution is 0.0902. The molecule has 1 fully saturated rings. The van der Waals surface area contributed by atoms with Crippen LogP contribution in [0.3, 0.4) is 0 Å². The van der Waals surface area contributed by atoms with Gasteiger partial charge in [-0.15, -0.1) is 0 Å². The van der Waals surface area contributed by atoms with E-state index in [-0.39, 0.29) is 17.9 Å². The van der Waals surface area contributed by atoms with Crippen LogP contribution in [-0.2, 0) is 0 Å². The van der Waals surface area contributed by atoms with Crippen molar-refractivity contribution >= 4 is 5.91 Å². The molecule has 1 N–H and O–H groups in total. The van der Waals surface area contributed by atoms with Crippen molar-refractivity contribution in [1.29, 1.82) is 0 Å². The molecule has 1 atom stereocenters. The normalized spacial score (nSPS) is 20.5. The van der Waals surface area contributed by atoms with Crippen LogP contribution in [0.25, 0.3) is 0 Å². The van der Waals surface area contributed by atoms with Gasteiger partial charge in [0.2, 0.25) is 0 Å². The highest BCUT2D eigenvalue weighted by Gasteiger charge is 2.31. The average Bonchev–Trinajstić information content (AvgIpc) is 2.67. The highest BCUT2D eigenvalue weighted by Crippen LogP contribution is 2.37. The summed E-state index contributed by atoms with van der Waals surface area (Å²) in [5.74, 6) is -4.36. The van der Waals surface area contributed by atoms with E-state index < -0.39 is 28.9 Å². The Morgan fingerprint density at radius 1 is 0.931 bits per heavy atom. The monoisotopic (exact) mass is 408 g/mol. The molecule has 0 aromatic heterocycles. The molecular weight excluding hydrogens is 384 g/mol. The SMILES string of the molecule is CN(C)C(c1ccc(F)cc1)C1CCC(NC(=O)c2cc(F)c(F)cc2F)CC1. The first-order valence-electron chi connectivity index (χ1n) is 9.63. The summed E-state index contributed by atoms with van der Waals surface area (Å²) in [6.45, 7) is 0. The summed E-state index contributed by atoms with van der Waals surface area (Å²) in [7, 11) is 3.96. The number of hydrogen-bond donors (Lipinski definition) is 1. The van der Waals surface area contributed by atoms with E-state index in [1.54, 1.807) is 12.1 Å². The van der Waals surface area contributed by atoms with Crippen molar-refractivity contribution in [3.63, 3.8) is 0 Å². The summed E-state index contributed by atoms with van der Waals surface area (Å²) in [5.41, 5.74) is 0.538. The number of benzene rings is 2. The second-order valence-electron chi connectivity index (χ2n) is 7.79. The van der Waals surface area contributed by atoms with Crippen molar-refractivity contribution in [2.24, 2.45) is 5.92 Å². The van der Waals surface area contributed by atoms with Gasteiger partial charge in [0.1, 0.15) is 11.6 Å². The highest BCUT2D eigenvalue weighted by atomic mass is 19.2. The van der Waals surface area contributed by atoms with Crippen LogP contribution < -0.4 is 5.32 Å². The topological polar surface area (TPSA) is 32.3 Å². The van der Waals surface area contributed by atoms with Crippen molar-refractivity contribution in [2.75, 3.05) is 14.1 Å². The molecule has 3 rings (SSSR count). The fraction of sp³-hybridized carbons (Fsp3) is 0.409. The van der Waals surface area contributed by atoms with Gasteiger partial charge >= 0.3 is 0 Å². The molecule has 1 amide bonds. The second-order valence-corrected chi connectivity index (χ2v) is 7.79. The number of halogens is 4. The van der Waals surface area contributed by atoms with Gasteiger partial charge in [0.15, 0.2) is 11.6 Å². The molecule has 2 aromatic rings. The van der Waals surface area contributed by atoms with Gasteiger partial charge in [-0.3, -0.25) is 4.79 Å². The number of carbonyl (C=O) groups excluding carboxylic acids is 1. The van der Waals surface area contributed by atoms with Crippen LogP contribution in [0, 0.1) is 29.2 Å². The molecule has 1 saturated carbocycles. The molecule has 0 heterocycles. The molecule has 29 heavy (non-hydrogen) atoms. The number of nitrogens with one attached hydrogen (secondary N) is 1. The predicted molar refractivity (Wildman–Crippen MR) is 102 cm³/mol. The van der Waals surface area contributed by atoms with Gasteiger partial charge in [-0.05, 0) is 69.5 Å². The molecular formula is C22H24F4N2O. The van der Waals surface area contributed by atoms with Crippen LogP contribution in [0.15, 0.2) is 36.4 Å². The predicted octanol–water partition coefficient (Wildman–Crippen LogP) is 4.83. The average molecular weight is 408 g/mol. The Labute approximate surface area is 167 Å². The fourth-order valence-corrected chi connectivity index (χ4v) is 4.19. The largest absolute Gasteiger partial charge is 0.349 e. The van der Waals surface area contributed by atoms with Crippen LogP contribution in [-0.4, -0.2) is 30.9 Å². The summed E-state index contributed by atoms with van der Waals surface area (Å²) in [5, 5.41) is 2.73. The minimum absolute atomic E-state index is 0.121. The molecule has 0 radical (unpaired) electrons. The molecule has 3 nitrogen and oxygen atoms in total. The molecule has 7 heteroatoms. The zero-order chi connectivity index (χ0) is 21.1. The van der Waals surface area contributed by atoms with E-state index in [9.17, 15) is 22.4 Å². The number of hydrogen-bond acceptors (Lipinski definition) is 2. The molecule has 1 unspecified atom stereocenters. The molecule has 0 aliphatic heterocycles. The van der Waals surface area contributed by atoms with Gasteiger partial charge < -0.3 is 10.2 Å². The van der Waals surface area contributed by atoms with E-state index in [1.165, 1.54) is 12.1 Å². The standard InChI is InChI=1S/C22H24F4N2O/c1-28(2)21(13-3-7-15(23)8-4-13)14-5-9-16(10-6-14)27-22(29)17-11-19(25)20(26)12-18(17)24/h3-4,7-8,11-12,14,16,21H,5-6,9-10H2,1-2H3,(H,27,29). The van der Waals surface area contributed by atoms with Crippen LogP contribution in [0.2, 0.25) is 0 Å². The minimum atomic E-state index is -1.32. The van der Waals surface area contributed by atoms with Crippen LogP contribution in [0.5, 0.6) is 0 Å². The molecule has 0 spiro atoms. The Bertz CT molecular complexity index is 862. The lowest BCUT2D eigenvalue weighted by Crippen LogP contribution is -2.40. The van der Waals surface area contributed by atoms with Crippen LogP contribution in [0.1, 0.15) is 47.6 Å². The first-order valence-corrected chi connectivity index (χ1v) is 9.63. The van der Waals surface area contributed by atoms with Gasteiger partial charge in [-0.25, -0.2) is 17.6 Å². The molecule has 2 aromatic carbocycles. The Kier molecular flexibility index (Phi) is 6.57. The highest BCUT2D eigenvalue weighted by molar-refractivity contribution is 5.94. The number of carbonyl (C=O) groups is 1. The van der Waals surface area contributed by atoms with E-state index in [4.69, 9.17) is 0 Å². The molecule has 1 aliphatic rings. The summed E-state index contributed by atoms with van der Waals surface area (Å²) in [6, 6.07) is 7.41. The van der Waals surface area contributed by atoms with Crippen molar-refractivity contribution in [3.05, 3.63) is 70.8 Å². The Hall–Kier alpha value is -2.41.